The molecular formula is C14H16N2O3S. The molecule has 6 heteroatoms. The summed E-state index contributed by atoms with van der Waals surface area (Å²) < 4.78 is 10.4. The minimum atomic E-state index is -0.210. The molecule has 0 unspecified atom stereocenters. The molecule has 0 spiro atoms. The van der Waals surface area contributed by atoms with Gasteiger partial charge in [0.15, 0.2) is 0 Å². The number of amides is 1. The third-order valence-electron chi connectivity index (χ3n) is 2.84. The second-order valence-electron chi connectivity index (χ2n) is 4.14. The first-order valence-corrected chi connectivity index (χ1v) is 6.76. The van der Waals surface area contributed by atoms with E-state index in [0.29, 0.717) is 27.8 Å². The van der Waals surface area contributed by atoms with Crippen molar-refractivity contribution in [3.8, 4) is 11.5 Å². The zero-order chi connectivity index (χ0) is 14.7. The lowest BCUT2D eigenvalue weighted by Crippen LogP contribution is -2.11. The van der Waals surface area contributed by atoms with Gasteiger partial charge in [-0.1, -0.05) is 0 Å². The van der Waals surface area contributed by atoms with Gasteiger partial charge in [0.25, 0.3) is 5.91 Å². The maximum Gasteiger partial charge on any atom is 0.265 e. The van der Waals surface area contributed by atoms with E-state index in [4.69, 9.17) is 15.2 Å². The Kier molecular flexibility index (Phi) is 4.14. The number of hydrogen-bond acceptors (Lipinski definition) is 5. The first kappa shape index (κ1) is 14.2. The first-order chi connectivity index (χ1) is 9.55. The number of nitrogens with one attached hydrogen (secondary N) is 1. The van der Waals surface area contributed by atoms with Gasteiger partial charge in [0.05, 0.1) is 24.8 Å². The number of carbonyl (C=O) groups excluding carboxylic acids is 1. The number of nitrogens with two attached hydrogens (primary N) is 1. The van der Waals surface area contributed by atoms with E-state index < -0.39 is 0 Å². The van der Waals surface area contributed by atoms with E-state index in [9.17, 15) is 4.79 Å². The molecule has 0 bridgehead atoms. The van der Waals surface area contributed by atoms with Crippen LogP contribution in [0.2, 0.25) is 0 Å². The third-order valence-corrected chi connectivity index (χ3v) is 3.90. The van der Waals surface area contributed by atoms with Gasteiger partial charge >= 0.3 is 0 Å². The molecule has 0 saturated heterocycles. The molecule has 1 heterocycles. The highest BCUT2D eigenvalue weighted by molar-refractivity contribution is 7.14. The summed E-state index contributed by atoms with van der Waals surface area (Å²) in [5, 5.41) is 2.80. The average Bonchev–Trinajstić information content (AvgIpc) is 2.79. The maximum atomic E-state index is 12.2. The van der Waals surface area contributed by atoms with Crippen molar-refractivity contribution in [3.63, 3.8) is 0 Å². The molecule has 2 aromatic rings. The summed E-state index contributed by atoms with van der Waals surface area (Å²) in [5.41, 5.74) is 6.97. The number of anilines is 2. The van der Waals surface area contributed by atoms with Crippen molar-refractivity contribution < 1.29 is 14.3 Å². The number of carbonyl (C=O) groups is 1. The highest BCUT2D eigenvalue weighted by Crippen LogP contribution is 2.30. The molecule has 2 rings (SSSR count). The summed E-state index contributed by atoms with van der Waals surface area (Å²) in [7, 11) is 3.11. The van der Waals surface area contributed by atoms with Crippen LogP contribution in [-0.4, -0.2) is 20.1 Å². The largest absolute Gasteiger partial charge is 0.497 e. The van der Waals surface area contributed by atoms with E-state index in [-0.39, 0.29) is 5.91 Å². The lowest BCUT2D eigenvalue weighted by molar-refractivity contribution is 0.103. The molecule has 0 radical (unpaired) electrons. The predicted molar refractivity (Wildman–Crippen MR) is 81.0 cm³/mol. The van der Waals surface area contributed by atoms with E-state index in [1.54, 1.807) is 31.4 Å². The van der Waals surface area contributed by atoms with E-state index >= 15 is 0 Å². The van der Waals surface area contributed by atoms with Gasteiger partial charge in [0, 0.05) is 16.6 Å². The minimum absolute atomic E-state index is 0.210. The van der Waals surface area contributed by atoms with Crippen LogP contribution in [0.1, 0.15) is 14.5 Å². The van der Waals surface area contributed by atoms with Crippen LogP contribution in [0.15, 0.2) is 24.3 Å². The monoisotopic (exact) mass is 292 g/mol. The van der Waals surface area contributed by atoms with Crippen molar-refractivity contribution in [2.45, 2.75) is 6.92 Å². The van der Waals surface area contributed by atoms with Crippen molar-refractivity contribution in [2.24, 2.45) is 0 Å². The summed E-state index contributed by atoms with van der Waals surface area (Å²) >= 11 is 1.36. The fourth-order valence-corrected chi connectivity index (χ4v) is 2.53. The zero-order valence-electron chi connectivity index (χ0n) is 11.5. The normalized spacial score (nSPS) is 10.2. The summed E-state index contributed by atoms with van der Waals surface area (Å²) in [6, 6.07) is 6.88. The van der Waals surface area contributed by atoms with Crippen LogP contribution >= 0.6 is 11.3 Å². The van der Waals surface area contributed by atoms with Crippen molar-refractivity contribution in [1.82, 2.24) is 0 Å². The predicted octanol–water partition coefficient (Wildman–Crippen LogP) is 2.91. The molecule has 1 aromatic carbocycles. The number of thiophene rings is 1. The van der Waals surface area contributed by atoms with E-state index in [1.807, 2.05) is 6.92 Å². The zero-order valence-corrected chi connectivity index (χ0v) is 12.3. The summed E-state index contributed by atoms with van der Waals surface area (Å²) in [5.74, 6) is 0.994. The molecule has 0 fully saturated rings. The van der Waals surface area contributed by atoms with Crippen molar-refractivity contribution in [1.29, 1.82) is 0 Å². The molecule has 106 valence electrons. The lowest BCUT2D eigenvalue weighted by atomic mass is 10.2. The molecule has 0 atom stereocenters. The van der Waals surface area contributed by atoms with Crippen LogP contribution in [-0.2, 0) is 0 Å². The second kappa shape index (κ2) is 5.83. The highest BCUT2D eigenvalue weighted by atomic mass is 32.1. The number of hydrogen-bond donors (Lipinski definition) is 2. The van der Waals surface area contributed by atoms with Gasteiger partial charge in [-0.05, 0) is 25.1 Å². The number of rotatable bonds is 4. The van der Waals surface area contributed by atoms with Crippen LogP contribution < -0.4 is 20.5 Å². The van der Waals surface area contributed by atoms with Gasteiger partial charge in [-0.25, -0.2) is 0 Å². The van der Waals surface area contributed by atoms with Crippen LogP contribution in [0, 0.1) is 6.92 Å². The van der Waals surface area contributed by atoms with Crippen LogP contribution in [0.5, 0.6) is 11.5 Å². The molecule has 1 aromatic heterocycles. The highest BCUT2D eigenvalue weighted by Gasteiger charge is 2.13. The molecule has 3 N–H and O–H groups in total. The van der Waals surface area contributed by atoms with Gasteiger partial charge in [-0.3, -0.25) is 4.79 Å². The topological polar surface area (TPSA) is 73.6 Å². The molecule has 0 aliphatic carbocycles. The van der Waals surface area contributed by atoms with Gasteiger partial charge in [-0.15, -0.1) is 11.3 Å². The van der Waals surface area contributed by atoms with Crippen LogP contribution in [0.3, 0.4) is 0 Å². The van der Waals surface area contributed by atoms with Gasteiger partial charge < -0.3 is 20.5 Å². The van der Waals surface area contributed by atoms with Gasteiger partial charge in [-0.2, -0.15) is 0 Å². The standard InChI is InChI=1S/C14H16N2O3S/c1-8-10(15)7-13(20-8)14(17)16-11-5-4-9(18-2)6-12(11)19-3/h4-7H,15H2,1-3H3,(H,16,17). The molecule has 0 aliphatic heterocycles. The number of aryl methyl sites for hydroxylation is 1. The Morgan fingerprint density at radius 3 is 2.55 bits per heavy atom. The SMILES string of the molecule is COc1ccc(NC(=O)c2cc(N)c(C)s2)c(OC)c1. The van der Waals surface area contributed by atoms with E-state index in [1.165, 1.54) is 18.4 Å². The van der Waals surface area contributed by atoms with Gasteiger partial charge in [0.1, 0.15) is 11.5 Å². The average molecular weight is 292 g/mol. The van der Waals surface area contributed by atoms with Crippen molar-refractivity contribution in [2.75, 3.05) is 25.3 Å². The Labute approximate surface area is 121 Å². The van der Waals surface area contributed by atoms with E-state index in [0.717, 1.165) is 4.88 Å². The Morgan fingerprint density at radius 1 is 1.25 bits per heavy atom. The Morgan fingerprint density at radius 2 is 2.00 bits per heavy atom. The Balaban J connectivity index is 2.23. The molecular weight excluding hydrogens is 276 g/mol. The summed E-state index contributed by atoms with van der Waals surface area (Å²) in [6.07, 6.45) is 0. The molecule has 1 amide bonds. The third kappa shape index (κ3) is 2.85. The fraction of sp³-hybridized carbons (Fsp3) is 0.214. The number of ether oxygens (including phenoxy) is 2. The number of benzene rings is 1. The quantitative estimate of drug-likeness (QED) is 0.908. The first-order valence-electron chi connectivity index (χ1n) is 5.94. The van der Waals surface area contributed by atoms with Gasteiger partial charge in [0.2, 0.25) is 0 Å². The maximum absolute atomic E-state index is 12.2. The molecule has 20 heavy (non-hydrogen) atoms. The van der Waals surface area contributed by atoms with Crippen molar-refractivity contribution >= 4 is 28.6 Å². The number of methoxy groups -OCH3 is 2. The van der Waals surface area contributed by atoms with Crippen LogP contribution in [0.4, 0.5) is 11.4 Å². The Bertz CT molecular complexity index is 618. The molecule has 5 nitrogen and oxygen atoms in total. The minimum Gasteiger partial charge on any atom is -0.497 e. The Hall–Kier alpha value is -2.21. The smallest absolute Gasteiger partial charge is 0.265 e. The number of nitrogen functional groups attached to an aromatic ring is 1. The molecule has 0 aliphatic rings. The summed E-state index contributed by atoms with van der Waals surface area (Å²) in [6.45, 7) is 1.88. The van der Waals surface area contributed by atoms with Crippen molar-refractivity contribution in [3.05, 3.63) is 34.0 Å². The molecule has 0 saturated carbocycles. The lowest BCUT2D eigenvalue weighted by Gasteiger charge is -2.10. The second-order valence-corrected chi connectivity index (χ2v) is 5.40. The summed E-state index contributed by atoms with van der Waals surface area (Å²) in [4.78, 5) is 13.7. The van der Waals surface area contributed by atoms with Crippen LogP contribution in [0.25, 0.3) is 0 Å². The fourth-order valence-electron chi connectivity index (χ4n) is 1.69. The van der Waals surface area contributed by atoms with E-state index in [2.05, 4.69) is 5.32 Å².